The number of benzene rings is 2. The van der Waals surface area contributed by atoms with Gasteiger partial charge in [-0.15, -0.1) is 0 Å². The van der Waals surface area contributed by atoms with E-state index in [1.807, 2.05) is 22.6 Å². The number of nitrogen functional groups attached to an aromatic ring is 1. The lowest BCUT2D eigenvalue weighted by Crippen LogP contribution is -1.95. The van der Waals surface area contributed by atoms with Gasteiger partial charge in [-0.25, -0.2) is 4.39 Å². The van der Waals surface area contributed by atoms with E-state index in [1.165, 1.54) is 12.1 Å². The fourth-order valence-corrected chi connectivity index (χ4v) is 2.34. The molecule has 0 aliphatic rings. The van der Waals surface area contributed by atoms with Gasteiger partial charge in [0.1, 0.15) is 11.6 Å². The lowest BCUT2D eigenvalue weighted by molar-refractivity contribution is 0.478. The highest BCUT2D eigenvalue weighted by atomic mass is 127. The molecule has 0 heterocycles. The van der Waals surface area contributed by atoms with Gasteiger partial charge in [-0.05, 0) is 46.9 Å². The molecule has 0 fully saturated rings. The van der Waals surface area contributed by atoms with Crippen LogP contribution in [-0.2, 0) is 0 Å². The summed E-state index contributed by atoms with van der Waals surface area (Å²) in [6.45, 7) is 0. The van der Waals surface area contributed by atoms with E-state index in [4.69, 9.17) is 33.7 Å². The first-order valence-corrected chi connectivity index (χ1v) is 6.67. The largest absolute Gasteiger partial charge is 0.455 e. The van der Waals surface area contributed by atoms with E-state index in [2.05, 4.69) is 0 Å². The molecule has 94 valence electrons. The first-order valence-electron chi connectivity index (χ1n) is 4.84. The zero-order valence-corrected chi connectivity index (χ0v) is 12.6. The van der Waals surface area contributed by atoms with Crippen molar-refractivity contribution in [3.63, 3.8) is 0 Å². The predicted octanol–water partition coefficient (Wildman–Crippen LogP) is 5.11. The number of nitrogens with two attached hydrogens (primary N) is 1. The molecule has 0 saturated carbocycles. The summed E-state index contributed by atoms with van der Waals surface area (Å²) in [6.07, 6.45) is 0. The maximum absolute atomic E-state index is 13.4. The number of anilines is 1. The zero-order chi connectivity index (χ0) is 13.3. The normalized spacial score (nSPS) is 10.4. The Bertz CT molecular complexity index is 587. The van der Waals surface area contributed by atoms with Crippen LogP contribution in [0.1, 0.15) is 0 Å². The van der Waals surface area contributed by atoms with E-state index in [9.17, 15) is 4.39 Å². The van der Waals surface area contributed by atoms with Gasteiger partial charge in [0.15, 0.2) is 5.75 Å². The van der Waals surface area contributed by atoms with E-state index >= 15 is 0 Å². The highest BCUT2D eigenvalue weighted by molar-refractivity contribution is 14.1. The first-order chi connectivity index (χ1) is 8.45. The van der Waals surface area contributed by atoms with Gasteiger partial charge in [-0.1, -0.05) is 23.2 Å². The summed E-state index contributed by atoms with van der Waals surface area (Å²) in [5.74, 6) is 0.235. The van der Waals surface area contributed by atoms with Crippen LogP contribution >= 0.6 is 45.8 Å². The number of halogens is 4. The Balaban J connectivity index is 2.36. The second kappa shape index (κ2) is 5.50. The molecule has 2 rings (SSSR count). The summed E-state index contributed by atoms with van der Waals surface area (Å²) < 4.78 is 19.3. The minimum Gasteiger partial charge on any atom is -0.455 e. The molecular weight excluding hydrogens is 391 g/mol. The van der Waals surface area contributed by atoms with Crippen LogP contribution < -0.4 is 10.5 Å². The molecule has 0 radical (unpaired) electrons. The smallest absolute Gasteiger partial charge is 0.153 e. The topological polar surface area (TPSA) is 35.2 Å². The van der Waals surface area contributed by atoms with Crippen molar-refractivity contribution in [2.75, 3.05) is 5.73 Å². The van der Waals surface area contributed by atoms with Gasteiger partial charge in [-0.3, -0.25) is 0 Å². The van der Waals surface area contributed by atoms with Gasteiger partial charge < -0.3 is 10.5 Å². The maximum atomic E-state index is 13.4. The molecule has 0 saturated heterocycles. The molecule has 18 heavy (non-hydrogen) atoms. The van der Waals surface area contributed by atoms with Crippen molar-refractivity contribution >= 4 is 51.5 Å². The molecule has 0 spiro atoms. The molecule has 0 aliphatic heterocycles. The monoisotopic (exact) mass is 397 g/mol. The molecule has 0 bridgehead atoms. The molecule has 6 heteroatoms. The number of hydrogen-bond donors (Lipinski definition) is 1. The van der Waals surface area contributed by atoms with Crippen molar-refractivity contribution in [3.05, 3.63) is 49.8 Å². The number of ether oxygens (including phenoxy) is 1. The van der Waals surface area contributed by atoms with E-state index in [0.717, 1.165) is 0 Å². The van der Waals surface area contributed by atoms with Crippen LogP contribution in [-0.4, -0.2) is 0 Å². The summed E-state index contributed by atoms with van der Waals surface area (Å²) >= 11 is 13.5. The second-order valence-electron chi connectivity index (χ2n) is 3.51. The highest BCUT2D eigenvalue weighted by Crippen LogP contribution is 2.33. The van der Waals surface area contributed by atoms with Gasteiger partial charge in [0.05, 0.1) is 9.26 Å². The fourth-order valence-electron chi connectivity index (χ4n) is 1.35. The molecule has 0 aliphatic carbocycles. The Morgan fingerprint density at radius 3 is 2.28 bits per heavy atom. The Morgan fingerprint density at radius 1 is 1.06 bits per heavy atom. The van der Waals surface area contributed by atoms with E-state index < -0.39 is 5.82 Å². The zero-order valence-electron chi connectivity index (χ0n) is 8.88. The summed E-state index contributed by atoms with van der Waals surface area (Å²) in [5.41, 5.74) is 6.10. The van der Waals surface area contributed by atoms with Crippen LogP contribution in [0.25, 0.3) is 0 Å². The van der Waals surface area contributed by atoms with Crippen LogP contribution in [0.15, 0.2) is 30.3 Å². The molecule has 0 amide bonds. The van der Waals surface area contributed by atoms with Crippen molar-refractivity contribution in [1.82, 2.24) is 0 Å². The summed E-state index contributed by atoms with van der Waals surface area (Å²) in [5, 5.41) is 0.865. The van der Waals surface area contributed by atoms with Gasteiger partial charge in [-0.2, -0.15) is 0 Å². The Morgan fingerprint density at radius 2 is 1.67 bits per heavy atom. The van der Waals surface area contributed by atoms with Gasteiger partial charge >= 0.3 is 0 Å². The van der Waals surface area contributed by atoms with Gasteiger partial charge in [0.2, 0.25) is 0 Å². The molecule has 0 aromatic heterocycles. The minimum atomic E-state index is -0.395. The average Bonchev–Trinajstić information content (AvgIpc) is 2.24. The van der Waals surface area contributed by atoms with Crippen molar-refractivity contribution in [2.24, 2.45) is 0 Å². The van der Waals surface area contributed by atoms with Crippen molar-refractivity contribution in [1.29, 1.82) is 0 Å². The quantitative estimate of drug-likeness (QED) is 0.564. The predicted molar refractivity (Wildman–Crippen MR) is 80.1 cm³/mol. The maximum Gasteiger partial charge on any atom is 0.153 e. The Hall–Kier alpha value is -0.720. The third-order valence-corrected chi connectivity index (χ3v) is 3.38. The minimum absolute atomic E-state index is 0.228. The SMILES string of the molecule is Nc1cc(I)c(F)cc1Oc1cc(Cl)cc(Cl)c1. The average molecular weight is 398 g/mol. The molecule has 2 aromatic carbocycles. The second-order valence-corrected chi connectivity index (χ2v) is 5.55. The van der Waals surface area contributed by atoms with Gasteiger partial charge in [0.25, 0.3) is 0 Å². The van der Waals surface area contributed by atoms with Crippen LogP contribution in [0.4, 0.5) is 10.1 Å². The van der Waals surface area contributed by atoms with Crippen LogP contribution in [0.5, 0.6) is 11.5 Å². The molecule has 0 atom stereocenters. The van der Waals surface area contributed by atoms with Crippen LogP contribution in [0, 0.1) is 9.39 Å². The van der Waals surface area contributed by atoms with Gasteiger partial charge in [0, 0.05) is 16.1 Å². The summed E-state index contributed by atoms with van der Waals surface area (Å²) in [4.78, 5) is 0. The summed E-state index contributed by atoms with van der Waals surface area (Å²) in [7, 11) is 0. The van der Waals surface area contributed by atoms with E-state index in [-0.39, 0.29) is 5.75 Å². The fraction of sp³-hybridized carbons (Fsp3) is 0. The molecule has 2 N–H and O–H groups in total. The lowest BCUT2D eigenvalue weighted by atomic mass is 10.3. The first kappa shape index (κ1) is 13.7. The molecular formula is C12H7Cl2FINO. The Kier molecular flexibility index (Phi) is 4.19. The standard InChI is InChI=1S/C12H7Cl2FINO/c13-6-1-7(14)3-8(2-6)18-12-4-9(15)10(16)5-11(12)17/h1-5H,17H2. The third kappa shape index (κ3) is 3.18. The molecule has 2 aromatic rings. The molecule has 0 unspecified atom stereocenters. The third-order valence-electron chi connectivity index (χ3n) is 2.12. The Labute approximate surface area is 127 Å². The number of rotatable bonds is 2. The number of hydrogen-bond acceptors (Lipinski definition) is 2. The lowest BCUT2D eigenvalue weighted by Gasteiger charge is -2.10. The van der Waals surface area contributed by atoms with Crippen molar-refractivity contribution in [3.8, 4) is 11.5 Å². The van der Waals surface area contributed by atoms with E-state index in [1.54, 1.807) is 18.2 Å². The van der Waals surface area contributed by atoms with Crippen LogP contribution in [0.2, 0.25) is 10.0 Å². The van der Waals surface area contributed by atoms with Crippen molar-refractivity contribution in [2.45, 2.75) is 0 Å². The summed E-state index contributed by atoms with van der Waals surface area (Å²) in [6, 6.07) is 7.45. The van der Waals surface area contributed by atoms with Crippen LogP contribution in [0.3, 0.4) is 0 Å². The highest BCUT2D eigenvalue weighted by Gasteiger charge is 2.09. The van der Waals surface area contributed by atoms with Crippen molar-refractivity contribution < 1.29 is 9.13 Å². The van der Waals surface area contributed by atoms with E-state index in [0.29, 0.717) is 25.1 Å². The molecule has 2 nitrogen and oxygen atoms in total.